The summed E-state index contributed by atoms with van der Waals surface area (Å²) in [5.41, 5.74) is 8.24. The molecule has 0 saturated heterocycles. The van der Waals surface area contributed by atoms with Crippen molar-refractivity contribution in [3.63, 3.8) is 0 Å². The molecule has 130 valence electrons. The molecular weight excluding hydrogens is 348 g/mol. The molecule has 9 heteroatoms. The number of pyridine rings is 1. The molecule has 1 heterocycles. The largest absolute Gasteiger partial charge is 0.493 e. The molecule has 3 N–H and O–H groups in total. The molecule has 2 rings (SSSR count). The van der Waals surface area contributed by atoms with Crippen LogP contribution in [-0.4, -0.2) is 36.7 Å². The number of rotatable bonds is 7. The van der Waals surface area contributed by atoms with Gasteiger partial charge >= 0.3 is 0 Å². The number of hydrogen-bond donors (Lipinski definition) is 2. The van der Waals surface area contributed by atoms with Gasteiger partial charge < -0.3 is 15.2 Å². The minimum Gasteiger partial charge on any atom is -0.493 e. The molecule has 0 aliphatic heterocycles. The third-order valence-electron chi connectivity index (χ3n) is 2.94. The van der Waals surface area contributed by atoms with Crippen molar-refractivity contribution in [3.05, 3.63) is 52.8 Å². The number of primary amides is 1. The summed E-state index contributed by atoms with van der Waals surface area (Å²) in [6.45, 7) is -0.258. The van der Waals surface area contributed by atoms with Gasteiger partial charge in [-0.15, -0.1) is 0 Å². The van der Waals surface area contributed by atoms with Gasteiger partial charge in [-0.25, -0.2) is 10.4 Å². The molecule has 2 aromatic rings. The lowest BCUT2D eigenvalue weighted by atomic mass is 10.2. The van der Waals surface area contributed by atoms with E-state index in [4.69, 9.17) is 26.8 Å². The molecule has 0 unspecified atom stereocenters. The van der Waals surface area contributed by atoms with E-state index in [1.807, 2.05) is 0 Å². The van der Waals surface area contributed by atoms with Crippen molar-refractivity contribution in [2.24, 2.45) is 10.8 Å². The quantitative estimate of drug-likeness (QED) is 0.438. The molecule has 1 aromatic carbocycles. The van der Waals surface area contributed by atoms with E-state index < -0.39 is 11.8 Å². The number of aromatic nitrogens is 1. The standard InChI is InChI=1S/C16H15ClN4O4/c1-24-13-7-10(4-5-12(13)25-9-14(18)22)8-20-21-16(23)11-3-2-6-19-15(11)17/h2-8H,9H2,1H3,(H2,18,22)(H,21,23). The van der Waals surface area contributed by atoms with Crippen LogP contribution in [0.3, 0.4) is 0 Å². The molecule has 0 saturated carbocycles. The maximum absolute atomic E-state index is 11.9. The summed E-state index contributed by atoms with van der Waals surface area (Å²) in [6, 6.07) is 8.03. The molecule has 8 nitrogen and oxygen atoms in total. The Kier molecular flexibility index (Phi) is 6.30. The van der Waals surface area contributed by atoms with E-state index in [2.05, 4.69) is 15.5 Å². The third kappa shape index (κ3) is 5.18. The molecule has 25 heavy (non-hydrogen) atoms. The monoisotopic (exact) mass is 362 g/mol. The Morgan fingerprint density at radius 1 is 1.36 bits per heavy atom. The second kappa shape index (κ2) is 8.65. The average molecular weight is 363 g/mol. The van der Waals surface area contributed by atoms with Gasteiger partial charge in [0.1, 0.15) is 5.15 Å². The summed E-state index contributed by atoms with van der Waals surface area (Å²) in [4.78, 5) is 26.5. The lowest BCUT2D eigenvalue weighted by Gasteiger charge is -2.09. The van der Waals surface area contributed by atoms with E-state index >= 15 is 0 Å². The number of ether oxygens (including phenoxy) is 2. The maximum Gasteiger partial charge on any atom is 0.274 e. The second-order valence-corrected chi connectivity index (χ2v) is 5.06. The Morgan fingerprint density at radius 3 is 2.84 bits per heavy atom. The van der Waals surface area contributed by atoms with Gasteiger partial charge in [0.25, 0.3) is 11.8 Å². The van der Waals surface area contributed by atoms with Gasteiger partial charge in [-0.05, 0) is 35.9 Å². The highest BCUT2D eigenvalue weighted by molar-refractivity contribution is 6.32. The maximum atomic E-state index is 11.9. The van der Waals surface area contributed by atoms with E-state index in [0.717, 1.165) is 0 Å². The molecule has 0 radical (unpaired) electrons. The van der Waals surface area contributed by atoms with E-state index in [9.17, 15) is 9.59 Å². The number of carbonyl (C=O) groups is 2. The molecule has 2 amide bonds. The zero-order chi connectivity index (χ0) is 18.2. The first kappa shape index (κ1) is 18.2. The number of nitrogens with zero attached hydrogens (tertiary/aromatic N) is 2. The van der Waals surface area contributed by atoms with Crippen LogP contribution in [0.2, 0.25) is 5.15 Å². The minimum atomic E-state index is -0.593. The van der Waals surface area contributed by atoms with E-state index in [0.29, 0.717) is 17.1 Å². The predicted octanol–water partition coefficient (Wildman–Crippen LogP) is 1.37. The highest BCUT2D eigenvalue weighted by atomic mass is 35.5. The van der Waals surface area contributed by atoms with Crippen molar-refractivity contribution in [1.29, 1.82) is 0 Å². The number of amides is 2. The normalized spacial score (nSPS) is 10.5. The Bertz CT molecular complexity index is 810. The first-order chi connectivity index (χ1) is 12.0. The fourth-order valence-corrected chi connectivity index (χ4v) is 2.02. The molecule has 0 fully saturated rings. The molecule has 0 bridgehead atoms. The van der Waals surface area contributed by atoms with Crippen LogP contribution in [0.1, 0.15) is 15.9 Å². The third-order valence-corrected chi connectivity index (χ3v) is 3.24. The fourth-order valence-electron chi connectivity index (χ4n) is 1.81. The summed E-state index contributed by atoms with van der Waals surface area (Å²) < 4.78 is 10.4. The van der Waals surface area contributed by atoms with Crippen molar-refractivity contribution in [1.82, 2.24) is 10.4 Å². The summed E-state index contributed by atoms with van der Waals surface area (Å²) >= 11 is 5.84. The zero-order valence-corrected chi connectivity index (χ0v) is 14.0. The lowest BCUT2D eigenvalue weighted by molar-refractivity contribution is -0.119. The number of carbonyl (C=O) groups excluding carboxylic acids is 2. The van der Waals surface area contributed by atoms with Crippen LogP contribution >= 0.6 is 11.6 Å². The van der Waals surface area contributed by atoms with Crippen molar-refractivity contribution in [2.75, 3.05) is 13.7 Å². The van der Waals surface area contributed by atoms with Crippen LogP contribution in [-0.2, 0) is 4.79 Å². The van der Waals surface area contributed by atoms with Crippen LogP contribution in [0.15, 0.2) is 41.6 Å². The molecule has 0 aliphatic carbocycles. The summed E-state index contributed by atoms with van der Waals surface area (Å²) in [5.74, 6) is -0.316. The number of methoxy groups -OCH3 is 1. The lowest BCUT2D eigenvalue weighted by Crippen LogP contribution is -2.20. The second-order valence-electron chi connectivity index (χ2n) is 4.71. The Labute approximate surface area is 148 Å². The van der Waals surface area contributed by atoms with Gasteiger partial charge in [0, 0.05) is 6.20 Å². The van der Waals surface area contributed by atoms with Crippen LogP contribution in [0.25, 0.3) is 0 Å². The smallest absolute Gasteiger partial charge is 0.274 e. The topological polar surface area (TPSA) is 116 Å². The highest BCUT2D eigenvalue weighted by Crippen LogP contribution is 2.27. The molecule has 0 aliphatic rings. The van der Waals surface area contributed by atoms with Crippen molar-refractivity contribution in [3.8, 4) is 11.5 Å². The van der Waals surface area contributed by atoms with Gasteiger partial charge in [-0.2, -0.15) is 5.10 Å². The number of nitrogens with one attached hydrogen (secondary N) is 1. The van der Waals surface area contributed by atoms with E-state index in [-0.39, 0.29) is 17.3 Å². The molecule has 1 aromatic heterocycles. The van der Waals surface area contributed by atoms with Crippen molar-refractivity contribution < 1.29 is 19.1 Å². The summed E-state index contributed by atoms with van der Waals surface area (Å²) in [7, 11) is 1.46. The van der Waals surface area contributed by atoms with Gasteiger partial charge in [0.05, 0.1) is 18.9 Å². The number of nitrogens with two attached hydrogens (primary N) is 1. The average Bonchev–Trinajstić information content (AvgIpc) is 2.60. The van der Waals surface area contributed by atoms with Gasteiger partial charge in [-0.3, -0.25) is 9.59 Å². The van der Waals surface area contributed by atoms with E-state index in [1.165, 1.54) is 25.6 Å². The Balaban J connectivity index is 2.04. The van der Waals surface area contributed by atoms with Crippen LogP contribution in [0.5, 0.6) is 11.5 Å². The van der Waals surface area contributed by atoms with Crippen molar-refractivity contribution in [2.45, 2.75) is 0 Å². The summed E-state index contributed by atoms with van der Waals surface area (Å²) in [5, 5.41) is 3.95. The van der Waals surface area contributed by atoms with Gasteiger partial charge in [-0.1, -0.05) is 11.6 Å². The van der Waals surface area contributed by atoms with Gasteiger partial charge in [0.2, 0.25) is 0 Å². The Morgan fingerprint density at radius 2 is 2.16 bits per heavy atom. The molecule has 0 atom stereocenters. The molecular formula is C16H15ClN4O4. The summed E-state index contributed by atoms with van der Waals surface area (Å²) in [6.07, 6.45) is 2.90. The number of halogens is 1. The number of benzene rings is 1. The first-order valence-electron chi connectivity index (χ1n) is 7.04. The predicted molar refractivity (Wildman–Crippen MR) is 92.0 cm³/mol. The van der Waals surface area contributed by atoms with E-state index in [1.54, 1.807) is 24.3 Å². The van der Waals surface area contributed by atoms with Crippen LogP contribution < -0.4 is 20.6 Å². The SMILES string of the molecule is COc1cc(C=NNC(=O)c2cccnc2Cl)ccc1OCC(N)=O. The number of hydrazone groups is 1. The minimum absolute atomic E-state index is 0.0906. The van der Waals surface area contributed by atoms with Gasteiger partial charge in [0.15, 0.2) is 18.1 Å². The Hall–Kier alpha value is -3.13. The van der Waals surface area contributed by atoms with Crippen molar-refractivity contribution >= 4 is 29.6 Å². The van der Waals surface area contributed by atoms with Crippen LogP contribution in [0.4, 0.5) is 0 Å². The van der Waals surface area contributed by atoms with Crippen LogP contribution in [0, 0.1) is 0 Å². The fraction of sp³-hybridized carbons (Fsp3) is 0.125. The highest BCUT2D eigenvalue weighted by Gasteiger charge is 2.09. The zero-order valence-electron chi connectivity index (χ0n) is 13.2. The molecule has 0 spiro atoms. The first-order valence-corrected chi connectivity index (χ1v) is 7.42. The number of hydrogen-bond acceptors (Lipinski definition) is 6.